The lowest BCUT2D eigenvalue weighted by atomic mass is 10.2. The highest BCUT2D eigenvalue weighted by atomic mass is 15.1. The molecule has 1 aliphatic rings. The first-order valence-electron chi connectivity index (χ1n) is 8.30. The third kappa shape index (κ3) is 3.61. The van der Waals surface area contributed by atoms with Crippen LogP contribution in [0.2, 0.25) is 0 Å². The Morgan fingerprint density at radius 3 is 2.75 bits per heavy atom. The van der Waals surface area contributed by atoms with Gasteiger partial charge in [-0.1, -0.05) is 20.8 Å². The Morgan fingerprint density at radius 2 is 2.05 bits per heavy atom. The number of hydrogen-bond acceptors (Lipinski definition) is 3. The van der Waals surface area contributed by atoms with Gasteiger partial charge in [-0.3, -0.25) is 0 Å². The quantitative estimate of drug-likeness (QED) is 0.791. The van der Waals surface area contributed by atoms with Gasteiger partial charge in [0.15, 0.2) is 0 Å². The molecule has 4 nitrogen and oxygen atoms in total. The third-order valence-electron chi connectivity index (χ3n) is 4.29. The van der Waals surface area contributed by atoms with E-state index in [4.69, 9.17) is 4.98 Å². The number of hydrogen-bond donors (Lipinski definition) is 1. The molecule has 0 aliphatic carbocycles. The van der Waals surface area contributed by atoms with Gasteiger partial charge in [0.2, 0.25) is 0 Å². The lowest BCUT2D eigenvalue weighted by Crippen LogP contribution is -2.27. The van der Waals surface area contributed by atoms with Gasteiger partial charge >= 0.3 is 0 Å². The second-order valence-electron chi connectivity index (χ2n) is 5.63. The summed E-state index contributed by atoms with van der Waals surface area (Å²) >= 11 is 0. The number of nitrogens with zero attached hydrogens (tertiary/aromatic N) is 3. The molecule has 2 rings (SSSR count). The van der Waals surface area contributed by atoms with Crippen molar-refractivity contribution in [2.24, 2.45) is 0 Å². The average molecular weight is 278 g/mol. The lowest BCUT2D eigenvalue weighted by molar-refractivity contribution is 0.292. The van der Waals surface area contributed by atoms with Crippen LogP contribution in [-0.2, 0) is 25.9 Å². The molecular formula is C16H30N4. The van der Waals surface area contributed by atoms with Gasteiger partial charge in [0.05, 0.1) is 5.69 Å². The van der Waals surface area contributed by atoms with E-state index in [-0.39, 0.29) is 0 Å². The molecule has 0 bridgehead atoms. The Kier molecular flexibility index (Phi) is 6.05. The highest BCUT2D eigenvalue weighted by Gasteiger charge is 2.18. The minimum Gasteiger partial charge on any atom is -0.332 e. The maximum atomic E-state index is 4.87. The van der Waals surface area contributed by atoms with Crippen molar-refractivity contribution in [2.45, 2.75) is 59.5 Å². The first kappa shape index (κ1) is 15.5. The highest BCUT2D eigenvalue weighted by Crippen LogP contribution is 2.18. The third-order valence-corrected chi connectivity index (χ3v) is 4.29. The molecule has 1 N–H and O–H groups in total. The number of aryl methyl sites for hydroxylation is 1. The van der Waals surface area contributed by atoms with Crippen LogP contribution in [0.1, 0.15) is 50.8 Å². The van der Waals surface area contributed by atoms with Gasteiger partial charge in [-0.15, -0.1) is 0 Å². The van der Waals surface area contributed by atoms with Gasteiger partial charge in [0.25, 0.3) is 0 Å². The first-order chi connectivity index (χ1) is 9.80. The fourth-order valence-electron chi connectivity index (χ4n) is 3.10. The number of nitrogens with one attached hydrogen (secondary N) is 1. The zero-order chi connectivity index (χ0) is 14.4. The Hall–Kier alpha value is -0.870. The van der Waals surface area contributed by atoms with Crippen LogP contribution in [0.25, 0.3) is 0 Å². The Labute approximate surface area is 123 Å². The molecule has 4 heteroatoms. The lowest BCUT2D eigenvalue weighted by Gasteiger charge is -2.20. The number of imidazole rings is 1. The van der Waals surface area contributed by atoms with E-state index in [0.29, 0.717) is 0 Å². The monoisotopic (exact) mass is 278 g/mol. The van der Waals surface area contributed by atoms with Crippen LogP contribution >= 0.6 is 0 Å². The molecule has 0 fully saturated rings. The molecule has 0 radical (unpaired) electrons. The summed E-state index contributed by atoms with van der Waals surface area (Å²) in [6.07, 6.45) is 4.66. The van der Waals surface area contributed by atoms with E-state index >= 15 is 0 Å². The normalized spacial score (nSPS) is 14.8. The molecule has 0 saturated heterocycles. The average Bonchev–Trinajstić information content (AvgIpc) is 2.82. The molecule has 1 aromatic rings. The van der Waals surface area contributed by atoms with Crippen LogP contribution in [0.3, 0.4) is 0 Å². The van der Waals surface area contributed by atoms with Crippen LogP contribution in [0.5, 0.6) is 0 Å². The van der Waals surface area contributed by atoms with Crippen molar-refractivity contribution in [3.63, 3.8) is 0 Å². The summed E-state index contributed by atoms with van der Waals surface area (Å²) in [5.74, 6) is 1.31. The van der Waals surface area contributed by atoms with Crippen molar-refractivity contribution in [1.82, 2.24) is 19.8 Å². The van der Waals surface area contributed by atoms with E-state index < -0.39 is 0 Å². The zero-order valence-corrected chi connectivity index (χ0v) is 13.4. The van der Waals surface area contributed by atoms with E-state index in [1.54, 1.807) is 0 Å². The smallest absolute Gasteiger partial charge is 0.109 e. The first-order valence-corrected chi connectivity index (χ1v) is 8.30. The Morgan fingerprint density at radius 1 is 1.25 bits per heavy atom. The zero-order valence-electron chi connectivity index (χ0n) is 13.4. The molecule has 20 heavy (non-hydrogen) atoms. The number of rotatable bonds is 8. The molecule has 0 saturated carbocycles. The largest absolute Gasteiger partial charge is 0.332 e. The predicted molar refractivity (Wildman–Crippen MR) is 84.0 cm³/mol. The minimum atomic E-state index is 0.953. The highest BCUT2D eigenvalue weighted by molar-refractivity contribution is 5.20. The molecule has 2 heterocycles. The Bertz CT molecular complexity index is 407. The minimum absolute atomic E-state index is 0.953. The topological polar surface area (TPSA) is 33.1 Å². The van der Waals surface area contributed by atoms with Crippen molar-refractivity contribution >= 4 is 0 Å². The molecule has 0 amide bonds. The molecule has 1 aliphatic heterocycles. The summed E-state index contributed by atoms with van der Waals surface area (Å²) in [4.78, 5) is 7.37. The second kappa shape index (κ2) is 7.79. The fourth-order valence-corrected chi connectivity index (χ4v) is 3.10. The van der Waals surface area contributed by atoms with E-state index in [1.165, 1.54) is 36.6 Å². The molecule has 0 atom stereocenters. The van der Waals surface area contributed by atoms with Crippen LogP contribution in [0.15, 0.2) is 0 Å². The number of fused-ring (bicyclic) bond motifs is 1. The maximum absolute atomic E-state index is 4.87. The number of aromatic nitrogens is 2. The molecule has 0 spiro atoms. The summed E-state index contributed by atoms with van der Waals surface area (Å²) < 4.78 is 2.52. The van der Waals surface area contributed by atoms with Crippen molar-refractivity contribution < 1.29 is 0 Å². The molecule has 0 unspecified atom stereocenters. The van der Waals surface area contributed by atoms with Gasteiger partial charge in [0, 0.05) is 38.2 Å². The standard InChI is InChI=1S/C16H30N4/c1-4-8-16-18-14-13-17-10-9-15(14)20(16)12-7-11-19(5-2)6-3/h17H,4-13H2,1-3H3. The summed E-state index contributed by atoms with van der Waals surface area (Å²) in [6.45, 7) is 13.4. The SMILES string of the molecule is CCCc1nc2c(n1CCCN(CC)CC)CCNC2. The van der Waals surface area contributed by atoms with E-state index in [0.717, 1.165) is 45.6 Å². The summed E-state index contributed by atoms with van der Waals surface area (Å²) in [5.41, 5.74) is 2.79. The summed E-state index contributed by atoms with van der Waals surface area (Å²) in [6, 6.07) is 0. The Balaban J connectivity index is 2.03. The predicted octanol–water partition coefficient (Wildman–Crippen LogP) is 2.21. The van der Waals surface area contributed by atoms with Gasteiger partial charge in [-0.2, -0.15) is 0 Å². The van der Waals surface area contributed by atoms with Crippen LogP contribution in [-0.4, -0.2) is 40.6 Å². The van der Waals surface area contributed by atoms with E-state index in [2.05, 4.69) is 35.6 Å². The maximum Gasteiger partial charge on any atom is 0.109 e. The van der Waals surface area contributed by atoms with Gasteiger partial charge in [0.1, 0.15) is 5.82 Å². The van der Waals surface area contributed by atoms with Crippen LogP contribution in [0, 0.1) is 0 Å². The van der Waals surface area contributed by atoms with E-state index in [1.807, 2.05) is 0 Å². The van der Waals surface area contributed by atoms with Crippen molar-refractivity contribution in [1.29, 1.82) is 0 Å². The fraction of sp³-hybridized carbons (Fsp3) is 0.812. The van der Waals surface area contributed by atoms with Crippen LogP contribution < -0.4 is 5.32 Å². The molecule has 1 aromatic heterocycles. The van der Waals surface area contributed by atoms with Gasteiger partial charge < -0.3 is 14.8 Å². The van der Waals surface area contributed by atoms with Gasteiger partial charge in [-0.05, 0) is 32.5 Å². The van der Waals surface area contributed by atoms with Gasteiger partial charge in [-0.25, -0.2) is 4.98 Å². The van der Waals surface area contributed by atoms with E-state index in [9.17, 15) is 0 Å². The van der Waals surface area contributed by atoms with Crippen molar-refractivity contribution in [3.8, 4) is 0 Å². The molecular weight excluding hydrogens is 248 g/mol. The van der Waals surface area contributed by atoms with Crippen molar-refractivity contribution in [2.75, 3.05) is 26.2 Å². The summed E-state index contributed by atoms with van der Waals surface area (Å²) in [7, 11) is 0. The molecule has 0 aromatic carbocycles. The summed E-state index contributed by atoms with van der Waals surface area (Å²) in [5, 5.41) is 3.43. The second-order valence-corrected chi connectivity index (χ2v) is 5.63. The molecule has 114 valence electrons. The van der Waals surface area contributed by atoms with Crippen LogP contribution in [0.4, 0.5) is 0 Å². The van der Waals surface area contributed by atoms with Crippen molar-refractivity contribution in [3.05, 3.63) is 17.2 Å².